The maximum absolute atomic E-state index is 12.6. The third kappa shape index (κ3) is 4.42. The molecule has 2 atom stereocenters. The molecule has 8 heteroatoms. The summed E-state index contributed by atoms with van der Waals surface area (Å²) in [6.07, 6.45) is 5.09. The van der Waals surface area contributed by atoms with Crippen molar-refractivity contribution in [2.45, 2.75) is 44.2 Å². The molecule has 0 bridgehead atoms. The van der Waals surface area contributed by atoms with Crippen LogP contribution < -0.4 is 5.73 Å². The summed E-state index contributed by atoms with van der Waals surface area (Å²) < 4.78 is 0. The van der Waals surface area contributed by atoms with E-state index in [1.165, 1.54) is 4.90 Å². The van der Waals surface area contributed by atoms with Crippen molar-refractivity contribution in [3.63, 3.8) is 0 Å². The Hall–Kier alpha value is -1.28. The summed E-state index contributed by atoms with van der Waals surface area (Å²) in [7, 11) is 0. The number of thioether (sulfide) groups is 1. The average molecular weight is 357 g/mol. The predicted molar refractivity (Wildman–Crippen MR) is 92.6 cm³/mol. The van der Waals surface area contributed by atoms with Crippen molar-refractivity contribution in [3.05, 3.63) is 0 Å². The van der Waals surface area contributed by atoms with Gasteiger partial charge < -0.3 is 20.6 Å². The van der Waals surface area contributed by atoms with Crippen LogP contribution in [0.4, 0.5) is 0 Å². The quantitative estimate of drug-likeness (QED) is 0.712. The third-order valence-corrected chi connectivity index (χ3v) is 5.57. The molecule has 2 heterocycles. The van der Waals surface area contributed by atoms with Crippen LogP contribution in [0.15, 0.2) is 0 Å². The first-order chi connectivity index (χ1) is 11.5. The van der Waals surface area contributed by atoms with Crippen LogP contribution in [0.2, 0.25) is 0 Å². The highest BCUT2D eigenvalue weighted by molar-refractivity contribution is 7.98. The number of amides is 2. The van der Waals surface area contributed by atoms with Crippen molar-refractivity contribution in [2.75, 3.05) is 31.6 Å². The van der Waals surface area contributed by atoms with Crippen LogP contribution in [0, 0.1) is 5.92 Å². The first-order valence-corrected chi connectivity index (χ1v) is 9.91. The van der Waals surface area contributed by atoms with Crippen molar-refractivity contribution >= 4 is 29.5 Å². The molecule has 7 nitrogen and oxygen atoms in total. The molecule has 24 heavy (non-hydrogen) atoms. The summed E-state index contributed by atoms with van der Waals surface area (Å²) in [5, 5.41) is 9.22. The highest BCUT2D eigenvalue weighted by atomic mass is 32.2. The number of rotatable bonds is 6. The Kier molecular flexibility index (Phi) is 6.91. The molecule has 0 saturated carbocycles. The number of piperidine rings is 1. The summed E-state index contributed by atoms with van der Waals surface area (Å²) in [6, 6.07) is -1.16. The minimum absolute atomic E-state index is 0.0421. The Labute approximate surface area is 146 Å². The SMILES string of the molecule is CSCCC(N)C(=O)N1CCC(C(=O)N2CCCC2C(=O)O)CC1. The Balaban J connectivity index is 1.85. The molecule has 0 radical (unpaired) electrons. The van der Waals surface area contributed by atoms with E-state index < -0.39 is 18.1 Å². The van der Waals surface area contributed by atoms with Gasteiger partial charge in [-0.1, -0.05) is 0 Å². The van der Waals surface area contributed by atoms with E-state index in [0.29, 0.717) is 45.3 Å². The summed E-state index contributed by atoms with van der Waals surface area (Å²) in [5.74, 6) is -0.365. The standard InChI is InChI=1S/C16H27N3O4S/c1-24-10-6-12(17)15(21)18-8-4-11(5-9-18)14(20)19-7-2-3-13(19)16(22)23/h11-13H,2-10,17H2,1H3,(H,22,23). The lowest BCUT2D eigenvalue weighted by Gasteiger charge is -2.35. The molecule has 0 aliphatic carbocycles. The van der Waals surface area contributed by atoms with Gasteiger partial charge in [0.1, 0.15) is 6.04 Å². The van der Waals surface area contributed by atoms with Gasteiger partial charge in [0.15, 0.2) is 0 Å². The van der Waals surface area contributed by atoms with Gasteiger partial charge in [-0.05, 0) is 44.1 Å². The highest BCUT2D eigenvalue weighted by Crippen LogP contribution is 2.25. The van der Waals surface area contributed by atoms with Crippen molar-refractivity contribution in [3.8, 4) is 0 Å². The van der Waals surface area contributed by atoms with Crippen LogP contribution in [-0.4, -0.2) is 76.4 Å². The topological polar surface area (TPSA) is 104 Å². The van der Waals surface area contributed by atoms with Crippen molar-refractivity contribution in [1.82, 2.24) is 9.80 Å². The molecule has 2 fully saturated rings. The number of nitrogens with two attached hydrogens (primary N) is 1. The molecule has 0 spiro atoms. The van der Waals surface area contributed by atoms with Gasteiger partial charge in [-0.3, -0.25) is 9.59 Å². The Bertz CT molecular complexity index is 480. The number of hydrogen-bond donors (Lipinski definition) is 2. The van der Waals surface area contributed by atoms with Crippen LogP contribution in [0.5, 0.6) is 0 Å². The number of carboxylic acids is 1. The fourth-order valence-corrected chi connectivity index (χ4v) is 3.96. The van der Waals surface area contributed by atoms with E-state index in [2.05, 4.69) is 0 Å². The number of likely N-dealkylation sites (tertiary alicyclic amines) is 2. The lowest BCUT2D eigenvalue weighted by atomic mass is 9.94. The van der Waals surface area contributed by atoms with Crippen LogP contribution in [-0.2, 0) is 14.4 Å². The fraction of sp³-hybridized carbons (Fsp3) is 0.812. The second kappa shape index (κ2) is 8.71. The predicted octanol–water partition coefficient (Wildman–Crippen LogP) is 0.381. The Morgan fingerprint density at radius 1 is 1.21 bits per heavy atom. The second-order valence-corrected chi connectivity index (χ2v) is 7.50. The van der Waals surface area contributed by atoms with Crippen LogP contribution in [0.1, 0.15) is 32.1 Å². The summed E-state index contributed by atoms with van der Waals surface area (Å²) in [4.78, 5) is 39.4. The van der Waals surface area contributed by atoms with Crippen LogP contribution >= 0.6 is 11.8 Å². The van der Waals surface area contributed by atoms with E-state index in [9.17, 15) is 19.5 Å². The number of aliphatic carboxylic acids is 1. The molecule has 2 amide bonds. The lowest BCUT2D eigenvalue weighted by Crippen LogP contribution is -2.50. The zero-order chi connectivity index (χ0) is 17.7. The summed E-state index contributed by atoms with van der Waals surface area (Å²) in [6.45, 7) is 1.57. The molecule has 2 saturated heterocycles. The smallest absolute Gasteiger partial charge is 0.326 e. The van der Waals surface area contributed by atoms with E-state index in [-0.39, 0.29) is 17.7 Å². The summed E-state index contributed by atoms with van der Waals surface area (Å²) >= 11 is 1.67. The monoisotopic (exact) mass is 357 g/mol. The Morgan fingerprint density at radius 3 is 2.46 bits per heavy atom. The second-order valence-electron chi connectivity index (χ2n) is 6.52. The van der Waals surface area contributed by atoms with Gasteiger partial charge >= 0.3 is 5.97 Å². The van der Waals surface area contributed by atoms with Gasteiger partial charge in [0, 0.05) is 25.6 Å². The van der Waals surface area contributed by atoms with E-state index in [0.717, 1.165) is 12.2 Å². The Morgan fingerprint density at radius 2 is 1.88 bits per heavy atom. The van der Waals surface area contributed by atoms with Crippen molar-refractivity contribution in [1.29, 1.82) is 0 Å². The largest absolute Gasteiger partial charge is 0.480 e. The van der Waals surface area contributed by atoms with Gasteiger partial charge in [0.05, 0.1) is 6.04 Å². The van der Waals surface area contributed by atoms with Gasteiger partial charge in [-0.25, -0.2) is 4.79 Å². The fourth-order valence-electron chi connectivity index (χ4n) is 3.47. The molecule has 0 aromatic rings. The van der Waals surface area contributed by atoms with E-state index in [4.69, 9.17) is 5.73 Å². The van der Waals surface area contributed by atoms with Gasteiger partial charge in [0.2, 0.25) is 11.8 Å². The van der Waals surface area contributed by atoms with Gasteiger partial charge in [-0.2, -0.15) is 11.8 Å². The van der Waals surface area contributed by atoms with E-state index in [1.54, 1.807) is 16.7 Å². The molecular formula is C16H27N3O4S. The molecule has 136 valence electrons. The van der Waals surface area contributed by atoms with Crippen molar-refractivity contribution in [2.24, 2.45) is 11.7 Å². The minimum Gasteiger partial charge on any atom is -0.480 e. The first kappa shape index (κ1) is 19.1. The summed E-state index contributed by atoms with van der Waals surface area (Å²) in [5.41, 5.74) is 5.93. The van der Waals surface area contributed by atoms with E-state index in [1.807, 2.05) is 6.26 Å². The van der Waals surface area contributed by atoms with Gasteiger partial charge in [-0.15, -0.1) is 0 Å². The molecule has 2 aliphatic rings. The van der Waals surface area contributed by atoms with Crippen LogP contribution in [0.3, 0.4) is 0 Å². The highest BCUT2D eigenvalue weighted by Gasteiger charge is 2.38. The zero-order valence-corrected chi connectivity index (χ0v) is 15.0. The number of carbonyl (C=O) groups is 3. The normalized spacial score (nSPS) is 23.3. The molecule has 2 unspecified atom stereocenters. The maximum Gasteiger partial charge on any atom is 0.326 e. The molecular weight excluding hydrogens is 330 g/mol. The third-order valence-electron chi connectivity index (χ3n) is 4.93. The average Bonchev–Trinajstić information content (AvgIpc) is 3.08. The molecule has 0 aromatic carbocycles. The minimum atomic E-state index is -0.923. The number of hydrogen-bond acceptors (Lipinski definition) is 5. The van der Waals surface area contributed by atoms with Crippen molar-refractivity contribution < 1.29 is 19.5 Å². The number of nitrogens with zero attached hydrogens (tertiary/aromatic N) is 2. The molecule has 2 rings (SSSR count). The molecule has 3 N–H and O–H groups in total. The van der Waals surface area contributed by atoms with E-state index >= 15 is 0 Å². The molecule has 0 aromatic heterocycles. The van der Waals surface area contributed by atoms with Crippen LogP contribution in [0.25, 0.3) is 0 Å². The molecule has 2 aliphatic heterocycles. The lowest BCUT2D eigenvalue weighted by molar-refractivity contribution is -0.151. The number of carbonyl (C=O) groups excluding carboxylic acids is 2. The van der Waals surface area contributed by atoms with Gasteiger partial charge in [0.25, 0.3) is 0 Å². The maximum atomic E-state index is 12.6. The zero-order valence-electron chi connectivity index (χ0n) is 14.1. The first-order valence-electron chi connectivity index (χ1n) is 8.52. The number of carboxylic acid groups (broad SMARTS) is 1.